The van der Waals surface area contributed by atoms with Crippen molar-refractivity contribution in [3.8, 4) is 0 Å². The normalized spacial score (nSPS) is 44.2. The molecule has 1 nitrogen and oxygen atoms in total. The Bertz CT molecular complexity index is 207. The van der Waals surface area contributed by atoms with Crippen LogP contribution < -0.4 is 0 Å². The Morgan fingerprint density at radius 1 is 1.67 bits per heavy atom. The van der Waals surface area contributed by atoms with E-state index in [1.807, 2.05) is 7.11 Å². The molecule has 12 heavy (non-hydrogen) atoms. The van der Waals surface area contributed by atoms with E-state index in [9.17, 15) is 0 Å². The van der Waals surface area contributed by atoms with Gasteiger partial charge in [-0.25, -0.2) is 0 Å². The Hall–Kier alpha value is 0.207. The maximum atomic E-state index is 5.80. The van der Waals surface area contributed by atoms with E-state index < -0.39 is 0 Å². The van der Waals surface area contributed by atoms with E-state index in [1.165, 1.54) is 12.8 Å². The summed E-state index contributed by atoms with van der Waals surface area (Å²) in [6.07, 6.45) is 7.61. The molecule has 1 saturated carbocycles. The molecule has 2 rings (SSSR count). The van der Waals surface area contributed by atoms with E-state index >= 15 is 0 Å². The second-order valence-corrected chi connectivity index (χ2v) is 6.09. The lowest BCUT2D eigenvalue weighted by atomic mass is 10.0. The van der Waals surface area contributed by atoms with Crippen LogP contribution in [0, 0.1) is 5.92 Å². The summed E-state index contributed by atoms with van der Waals surface area (Å²) < 4.78 is 5.43. The zero-order valence-corrected chi connectivity index (χ0v) is 8.97. The Kier molecular flexibility index (Phi) is 2.32. The summed E-state index contributed by atoms with van der Waals surface area (Å²) in [6, 6.07) is 0. The van der Waals surface area contributed by atoms with Crippen molar-refractivity contribution in [3.05, 3.63) is 12.2 Å². The number of ether oxygens (including phenoxy) is 1. The summed E-state index contributed by atoms with van der Waals surface area (Å²) in [6.45, 7) is 0. The third kappa shape index (κ3) is 1.26. The Morgan fingerprint density at radius 2 is 2.50 bits per heavy atom. The van der Waals surface area contributed by atoms with E-state index in [4.69, 9.17) is 16.3 Å². The van der Waals surface area contributed by atoms with Crippen LogP contribution in [0.1, 0.15) is 12.8 Å². The number of methoxy groups -OCH3 is 1. The first-order chi connectivity index (χ1) is 5.79. The summed E-state index contributed by atoms with van der Waals surface area (Å²) >= 11 is 5.80. The van der Waals surface area contributed by atoms with Crippen LogP contribution in [0.2, 0.25) is 5.04 Å². The molecule has 2 aliphatic carbocycles. The van der Waals surface area contributed by atoms with E-state index in [0.717, 1.165) is 15.0 Å². The van der Waals surface area contributed by atoms with Gasteiger partial charge in [-0.2, -0.15) is 0 Å². The van der Waals surface area contributed by atoms with Crippen LogP contribution in [0.15, 0.2) is 12.2 Å². The molecule has 66 valence electrons. The fraction of sp³-hybridized carbons (Fsp3) is 0.778. The van der Waals surface area contributed by atoms with Crippen LogP contribution in [-0.4, -0.2) is 28.2 Å². The molecular weight excluding hydrogens is 188 g/mol. The molecule has 0 aliphatic heterocycles. The maximum Gasteiger partial charge on any atom is 0.0702 e. The average Bonchev–Trinajstić information content (AvgIpc) is 2.61. The standard InChI is InChI=1S/C9H13ClOSi/c1-11-8-5-9(12-6-10)3-2-7(8)4-9/h2-3,7-8H,4-6H2,1H3. The highest BCUT2D eigenvalue weighted by Gasteiger charge is 2.46. The topological polar surface area (TPSA) is 9.23 Å². The molecule has 0 amide bonds. The zero-order chi connectivity index (χ0) is 8.60. The lowest BCUT2D eigenvalue weighted by Crippen LogP contribution is -2.20. The number of halogens is 1. The van der Waals surface area contributed by atoms with Gasteiger partial charge in [-0.3, -0.25) is 0 Å². The molecule has 3 atom stereocenters. The minimum Gasteiger partial charge on any atom is -0.381 e. The molecule has 0 heterocycles. The third-order valence-electron chi connectivity index (χ3n) is 3.03. The van der Waals surface area contributed by atoms with Crippen LogP contribution in [-0.2, 0) is 4.74 Å². The zero-order valence-electron chi connectivity index (χ0n) is 7.22. The predicted molar refractivity (Wildman–Crippen MR) is 51.8 cm³/mol. The molecule has 2 bridgehead atoms. The largest absolute Gasteiger partial charge is 0.381 e. The van der Waals surface area contributed by atoms with Gasteiger partial charge in [0.05, 0.1) is 15.6 Å². The quantitative estimate of drug-likeness (QED) is 0.385. The summed E-state index contributed by atoms with van der Waals surface area (Å²) in [5.74, 6) is 0.672. The Morgan fingerprint density at radius 3 is 3.08 bits per heavy atom. The SMILES string of the molecule is COC1CC2([Si]CCl)C=CC1C2. The fourth-order valence-electron chi connectivity index (χ4n) is 2.38. The highest BCUT2D eigenvalue weighted by molar-refractivity contribution is 6.53. The van der Waals surface area contributed by atoms with Crippen molar-refractivity contribution in [2.75, 3.05) is 12.6 Å². The van der Waals surface area contributed by atoms with E-state index in [0.29, 0.717) is 17.1 Å². The van der Waals surface area contributed by atoms with Crippen molar-refractivity contribution < 1.29 is 4.74 Å². The van der Waals surface area contributed by atoms with Crippen LogP contribution in [0.5, 0.6) is 0 Å². The van der Waals surface area contributed by atoms with Gasteiger partial charge >= 0.3 is 0 Å². The van der Waals surface area contributed by atoms with Crippen molar-refractivity contribution in [1.82, 2.24) is 0 Å². The van der Waals surface area contributed by atoms with Crippen LogP contribution in [0.3, 0.4) is 0 Å². The van der Waals surface area contributed by atoms with Crippen LogP contribution in [0.4, 0.5) is 0 Å². The molecule has 2 radical (unpaired) electrons. The summed E-state index contributed by atoms with van der Waals surface area (Å²) in [7, 11) is 2.68. The number of alkyl halides is 1. The van der Waals surface area contributed by atoms with Gasteiger partial charge in [0.15, 0.2) is 0 Å². The van der Waals surface area contributed by atoms with E-state index in [-0.39, 0.29) is 0 Å². The molecule has 0 spiro atoms. The molecule has 3 unspecified atom stereocenters. The predicted octanol–water partition coefficient (Wildman–Crippen LogP) is 2.04. The van der Waals surface area contributed by atoms with E-state index in [1.54, 1.807) is 0 Å². The number of hydrogen-bond donors (Lipinski definition) is 0. The Balaban J connectivity index is 2.08. The number of rotatable bonds is 3. The monoisotopic (exact) mass is 200 g/mol. The third-order valence-corrected chi connectivity index (χ3v) is 4.84. The fourth-order valence-corrected chi connectivity index (χ4v) is 4.38. The second-order valence-electron chi connectivity index (χ2n) is 3.67. The van der Waals surface area contributed by atoms with Gasteiger partial charge in [-0.1, -0.05) is 12.2 Å². The van der Waals surface area contributed by atoms with Crippen molar-refractivity contribution >= 4 is 21.1 Å². The van der Waals surface area contributed by atoms with Crippen molar-refractivity contribution in [2.45, 2.75) is 24.0 Å². The minimum atomic E-state index is 0.424. The summed E-state index contributed by atoms with van der Waals surface area (Å²) in [5, 5.41) is 0.424. The van der Waals surface area contributed by atoms with Gasteiger partial charge in [0.1, 0.15) is 0 Å². The van der Waals surface area contributed by atoms with Crippen LogP contribution >= 0.6 is 11.6 Å². The maximum absolute atomic E-state index is 5.80. The van der Waals surface area contributed by atoms with Gasteiger partial charge in [-0.15, -0.1) is 11.6 Å². The molecule has 0 saturated heterocycles. The van der Waals surface area contributed by atoms with Crippen molar-refractivity contribution in [1.29, 1.82) is 0 Å². The molecule has 1 fully saturated rings. The molecule has 0 aromatic heterocycles. The van der Waals surface area contributed by atoms with Gasteiger partial charge < -0.3 is 4.74 Å². The summed E-state index contributed by atoms with van der Waals surface area (Å²) in [4.78, 5) is 0. The van der Waals surface area contributed by atoms with Gasteiger partial charge in [0, 0.05) is 18.5 Å². The van der Waals surface area contributed by atoms with Gasteiger partial charge in [0.2, 0.25) is 0 Å². The van der Waals surface area contributed by atoms with Crippen molar-refractivity contribution in [3.63, 3.8) is 0 Å². The molecule has 3 heteroatoms. The smallest absolute Gasteiger partial charge is 0.0702 e. The molecular formula is C9H13ClOSi. The first kappa shape index (κ1) is 8.79. The molecule has 0 aromatic rings. The first-order valence-corrected chi connectivity index (χ1v) is 6.07. The molecule has 0 N–H and O–H groups in total. The number of fused-ring (bicyclic) bond motifs is 2. The average molecular weight is 201 g/mol. The van der Waals surface area contributed by atoms with Gasteiger partial charge in [0.25, 0.3) is 0 Å². The molecule has 2 aliphatic rings. The molecule has 0 aromatic carbocycles. The first-order valence-electron chi connectivity index (χ1n) is 4.33. The number of hydrogen-bond acceptors (Lipinski definition) is 1. The highest BCUT2D eigenvalue weighted by atomic mass is 35.5. The minimum absolute atomic E-state index is 0.424. The van der Waals surface area contributed by atoms with Crippen LogP contribution in [0.25, 0.3) is 0 Å². The van der Waals surface area contributed by atoms with Crippen molar-refractivity contribution in [2.24, 2.45) is 5.92 Å². The highest BCUT2D eigenvalue weighted by Crippen LogP contribution is 2.55. The number of allylic oxidation sites excluding steroid dienone is 1. The summed E-state index contributed by atoms with van der Waals surface area (Å²) in [5.41, 5.74) is 0.799. The second kappa shape index (κ2) is 3.16. The Labute approximate surface area is 80.9 Å². The van der Waals surface area contributed by atoms with E-state index in [2.05, 4.69) is 12.2 Å². The lowest BCUT2D eigenvalue weighted by Gasteiger charge is -2.23. The lowest BCUT2D eigenvalue weighted by molar-refractivity contribution is 0.0829. The van der Waals surface area contributed by atoms with Gasteiger partial charge in [-0.05, 0) is 17.9 Å².